The van der Waals surface area contributed by atoms with Crippen molar-refractivity contribution in [1.82, 2.24) is 29.8 Å². The highest BCUT2D eigenvalue weighted by Gasteiger charge is 2.41. The first-order chi connectivity index (χ1) is 12.2. The summed E-state index contributed by atoms with van der Waals surface area (Å²) in [5.41, 5.74) is 2.85. The highest BCUT2D eigenvalue weighted by molar-refractivity contribution is 5.47. The first kappa shape index (κ1) is 14.6. The fourth-order valence-corrected chi connectivity index (χ4v) is 4.08. The quantitative estimate of drug-likeness (QED) is 0.694. The van der Waals surface area contributed by atoms with Gasteiger partial charge in [-0.1, -0.05) is 0 Å². The largest absolute Gasteiger partial charge is 0.354 e. The van der Waals surface area contributed by atoms with Crippen molar-refractivity contribution in [3.8, 4) is 0 Å². The standard InChI is InChI=1S/C17H20N8/c1-11-5-12(2)20-17(19-11)24-8-13-6-23(7-14(13)9-24)16-4-3-15-21-18-10-25(15)22-16/h3-5,10,13-14H,6-9H2,1-2H3. The van der Waals surface area contributed by atoms with Crippen LogP contribution in [0.5, 0.6) is 0 Å². The predicted octanol–water partition coefficient (Wildman–Crippen LogP) is 1.10. The van der Waals surface area contributed by atoms with E-state index in [1.807, 2.05) is 32.0 Å². The van der Waals surface area contributed by atoms with Gasteiger partial charge in [-0.15, -0.1) is 15.3 Å². The Hall–Kier alpha value is -2.77. The van der Waals surface area contributed by atoms with E-state index in [9.17, 15) is 0 Å². The zero-order valence-electron chi connectivity index (χ0n) is 14.4. The number of nitrogens with zero attached hydrogens (tertiary/aromatic N) is 8. The fraction of sp³-hybridized carbons (Fsp3) is 0.471. The molecule has 0 radical (unpaired) electrons. The average Bonchev–Trinajstić information content (AvgIpc) is 3.27. The maximum absolute atomic E-state index is 4.62. The first-order valence-electron chi connectivity index (χ1n) is 8.65. The Labute approximate surface area is 145 Å². The van der Waals surface area contributed by atoms with Gasteiger partial charge < -0.3 is 9.80 Å². The Morgan fingerprint density at radius 3 is 2.32 bits per heavy atom. The van der Waals surface area contributed by atoms with Gasteiger partial charge in [0, 0.05) is 49.4 Å². The van der Waals surface area contributed by atoms with Crippen LogP contribution < -0.4 is 9.80 Å². The molecule has 25 heavy (non-hydrogen) atoms. The van der Waals surface area contributed by atoms with Gasteiger partial charge in [-0.3, -0.25) is 0 Å². The van der Waals surface area contributed by atoms with Gasteiger partial charge in [-0.2, -0.15) is 4.52 Å². The van der Waals surface area contributed by atoms with Gasteiger partial charge >= 0.3 is 0 Å². The Morgan fingerprint density at radius 2 is 1.60 bits per heavy atom. The number of rotatable bonds is 2. The molecule has 8 nitrogen and oxygen atoms in total. The third kappa shape index (κ3) is 2.48. The summed E-state index contributed by atoms with van der Waals surface area (Å²) >= 11 is 0. The molecule has 5 rings (SSSR count). The van der Waals surface area contributed by atoms with E-state index in [-0.39, 0.29) is 0 Å². The van der Waals surface area contributed by atoms with Crippen LogP contribution in [0.25, 0.3) is 5.65 Å². The Bertz CT molecular complexity index is 901. The molecule has 0 N–H and O–H groups in total. The molecule has 3 aromatic rings. The van der Waals surface area contributed by atoms with Crippen molar-refractivity contribution in [2.24, 2.45) is 11.8 Å². The van der Waals surface area contributed by atoms with Crippen LogP contribution in [0.4, 0.5) is 11.8 Å². The lowest BCUT2D eigenvalue weighted by atomic mass is 10.0. The summed E-state index contributed by atoms with van der Waals surface area (Å²) in [7, 11) is 0. The molecule has 0 saturated carbocycles. The lowest BCUT2D eigenvalue weighted by Gasteiger charge is -2.22. The van der Waals surface area contributed by atoms with Gasteiger partial charge in [0.05, 0.1) is 0 Å². The van der Waals surface area contributed by atoms with E-state index in [0.29, 0.717) is 11.8 Å². The molecule has 128 valence electrons. The molecule has 2 aliphatic rings. The number of anilines is 2. The van der Waals surface area contributed by atoms with Crippen LogP contribution in [0.2, 0.25) is 0 Å². The summed E-state index contributed by atoms with van der Waals surface area (Å²) in [6, 6.07) is 6.03. The van der Waals surface area contributed by atoms with Crippen molar-refractivity contribution in [1.29, 1.82) is 0 Å². The van der Waals surface area contributed by atoms with E-state index in [4.69, 9.17) is 0 Å². The molecule has 2 aliphatic heterocycles. The van der Waals surface area contributed by atoms with E-state index >= 15 is 0 Å². The third-order valence-corrected chi connectivity index (χ3v) is 5.21. The molecule has 5 heterocycles. The molecule has 0 aromatic carbocycles. The van der Waals surface area contributed by atoms with Gasteiger partial charge in [-0.05, 0) is 32.0 Å². The molecule has 2 unspecified atom stereocenters. The number of hydrogen-bond donors (Lipinski definition) is 0. The van der Waals surface area contributed by atoms with Crippen molar-refractivity contribution in [2.75, 3.05) is 36.0 Å². The molecule has 0 spiro atoms. The average molecular weight is 336 g/mol. The SMILES string of the molecule is Cc1cc(C)nc(N2CC3CN(c4ccc5nncn5n4)CC3C2)n1. The summed E-state index contributed by atoms with van der Waals surface area (Å²) in [6.07, 6.45) is 1.65. The van der Waals surface area contributed by atoms with E-state index in [1.165, 1.54) is 0 Å². The second-order valence-corrected chi connectivity index (χ2v) is 7.11. The van der Waals surface area contributed by atoms with E-state index in [2.05, 4.69) is 35.1 Å². The van der Waals surface area contributed by atoms with Crippen LogP contribution in [-0.4, -0.2) is 56.0 Å². The van der Waals surface area contributed by atoms with Crippen molar-refractivity contribution >= 4 is 17.4 Å². The topological polar surface area (TPSA) is 75.3 Å². The molecule has 2 fully saturated rings. The minimum Gasteiger partial charge on any atom is -0.354 e. The van der Waals surface area contributed by atoms with Gasteiger partial charge in [0.25, 0.3) is 0 Å². The Balaban J connectivity index is 1.33. The smallest absolute Gasteiger partial charge is 0.225 e. The normalized spacial score (nSPS) is 22.8. The van der Waals surface area contributed by atoms with Crippen LogP contribution in [0.15, 0.2) is 24.5 Å². The first-order valence-corrected chi connectivity index (χ1v) is 8.65. The van der Waals surface area contributed by atoms with Crippen molar-refractivity contribution in [3.05, 3.63) is 35.9 Å². The maximum atomic E-state index is 4.62. The maximum Gasteiger partial charge on any atom is 0.225 e. The zero-order valence-corrected chi connectivity index (χ0v) is 14.4. The summed E-state index contributed by atoms with van der Waals surface area (Å²) in [6.45, 7) is 8.13. The summed E-state index contributed by atoms with van der Waals surface area (Å²) < 4.78 is 1.74. The van der Waals surface area contributed by atoms with E-state index in [0.717, 1.165) is 55.0 Å². The van der Waals surface area contributed by atoms with Gasteiger partial charge in [0.15, 0.2) is 5.65 Å². The Morgan fingerprint density at radius 1 is 0.920 bits per heavy atom. The van der Waals surface area contributed by atoms with Crippen LogP contribution in [0.3, 0.4) is 0 Å². The highest BCUT2D eigenvalue weighted by atomic mass is 15.4. The van der Waals surface area contributed by atoms with Gasteiger partial charge in [0.2, 0.25) is 5.95 Å². The third-order valence-electron chi connectivity index (χ3n) is 5.21. The summed E-state index contributed by atoms with van der Waals surface area (Å²) in [5, 5.41) is 12.5. The predicted molar refractivity (Wildman–Crippen MR) is 93.7 cm³/mol. The molecule has 0 bridgehead atoms. The highest BCUT2D eigenvalue weighted by Crippen LogP contribution is 2.34. The summed E-state index contributed by atoms with van der Waals surface area (Å²) in [5.74, 6) is 3.13. The minimum absolute atomic E-state index is 0.628. The number of aromatic nitrogens is 6. The van der Waals surface area contributed by atoms with E-state index < -0.39 is 0 Å². The van der Waals surface area contributed by atoms with Crippen LogP contribution >= 0.6 is 0 Å². The molecule has 0 aliphatic carbocycles. The van der Waals surface area contributed by atoms with Crippen molar-refractivity contribution in [3.63, 3.8) is 0 Å². The molecule has 8 heteroatoms. The zero-order chi connectivity index (χ0) is 17.0. The number of hydrogen-bond acceptors (Lipinski definition) is 7. The van der Waals surface area contributed by atoms with Crippen molar-refractivity contribution in [2.45, 2.75) is 13.8 Å². The minimum atomic E-state index is 0.628. The monoisotopic (exact) mass is 336 g/mol. The van der Waals surface area contributed by atoms with Crippen LogP contribution in [0.1, 0.15) is 11.4 Å². The lowest BCUT2D eigenvalue weighted by Crippen LogP contribution is -2.30. The van der Waals surface area contributed by atoms with E-state index in [1.54, 1.807) is 10.8 Å². The lowest BCUT2D eigenvalue weighted by molar-refractivity contribution is 0.533. The second-order valence-electron chi connectivity index (χ2n) is 7.11. The molecular weight excluding hydrogens is 316 g/mol. The molecule has 3 aromatic heterocycles. The number of fused-ring (bicyclic) bond motifs is 2. The summed E-state index contributed by atoms with van der Waals surface area (Å²) in [4.78, 5) is 13.9. The molecule has 0 amide bonds. The second kappa shape index (κ2) is 5.37. The van der Waals surface area contributed by atoms with Gasteiger partial charge in [0.1, 0.15) is 12.1 Å². The fourth-order valence-electron chi connectivity index (χ4n) is 4.08. The molecule has 2 saturated heterocycles. The number of aryl methyl sites for hydroxylation is 2. The van der Waals surface area contributed by atoms with Crippen LogP contribution in [0, 0.1) is 25.7 Å². The molecular formula is C17H20N8. The van der Waals surface area contributed by atoms with Crippen LogP contribution in [-0.2, 0) is 0 Å². The Kier molecular flexibility index (Phi) is 3.13. The van der Waals surface area contributed by atoms with Gasteiger partial charge in [-0.25, -0.2) is 9.97 Å². The van der Waals surface area contributed by atoms with Crippen molar-refractivity contribution < 1.29 is 0 Å². The molecule has 2 atom stereocenters.